The van der Waals surface area contributed by atoms with Gasteiger partial charge in [-0.2, -0.15) is 0 Å². The number of anilines is 1. The van der Waals surface area contributed by atoms with Gasteiger partial charge in [-0.15, -0.1) is 0 Å². The number of hydrogen-bond donors (Lipinski definition) is 3. The second-order valence-electron chi connectivity index (χ2n) is 6.25. The molecule has 1 atom stereocenters. The molecule has 2 heterocycles. The highest BCUT2D eigenvalue weighted by molar-refractivity contribution is 6.07. The molecule has 0 saturated heterocycles. The number of aromatic nitrogens is 1. The van der Waals surface area contributed by atoms with E-state index in [0.29, 0.717) is 11.3 Å². The van der Waals surface area contributed by atoms with Gasteiger partial charge in [-0.3, -0.25) is 20.2 Å². The first kappa shape index (κ1) is 16.9. The molecule has 0 radical (unpaired) electrons. The minimum absolute atomic E-state index is 0.162. The Bertz CT molecular complexity index is 904. The van der Waals surface area contributed by atoms with Gasteiger partial charge in [0, 0.05) is 35.7 Å². The SMILES string of the molecule is CC1=C(C(=O)Nc2ccc3c(C)nccc3c2)[C@@H](C)N(N)C(=N)N1C. The molecule has 7 nitrogen and oxygen atoms in total. The van der Waals surface area contributed by atoms with Crippen molar-refractivity contribution in [2.45, 2.75) is 26.8 Å². The first-order valence-electron chi connectivity index (χ1n) is 8.05. The van der Waals surface area contributed by atoms with Crippen LogP contribution in [0, 0.1) is 12.3 Å². The molecule has 0 unspecified atom stereocenters. The number of hydrazine groups is 1. The fourth-order valence-electron chi connectivity index (χ4n) is 3.10. The van der Waals surface area contributed by atoms with E-state index in [9.17, 15) is 4.79 Å². The van der Waals surface area contributed by atoms with Gasteiger partial charge in [0.05, 0.1) is 11.6 Å². The lowest BCUT2D eigenvalue weighted by atomic mass is 10.0. The quantitative estimate of drug-likeness (QED) is 0.729. The third-order valence-corrected chi connectivity index (χ3v) is 4.76. The number of nitrogens with zero attached hydrogens (tertiary/aromatic N) is 3. The van der Waals surface area contributed by atoms with Crippen molar-refractivity contribution in [1.29, 1.82) is 5.41 Å². The first-order chi connectivity index (χ1) is 11.8. The largest absolute Gasteiger partial charge is 0.322 e. The van der Waals surface area contributed by atoms with Crippen LogP contribution in [0.3, 0.4) is 0 Å². The summed E-state index contributed by atoms with van der Waals surface area (Å²) in [5.41, 5.74) is 2.93. The van der Waals surface area contributed by atoms with E-state index in [1.807, 2.05) is 45.0 Å². The van der Waals surface area contributed by atoms with Crippen LogP contribution in [0.4, 0.5) is 5.69 Å². The van der Waals surface area contributed by atoms with Gasteiger partial charge in [-0.05, 0) is 44.4 Å². The van der Waals surface area contributed by atoms with Crippen LogP contribution in [0.2, 0.25) is 0 Å². The number of hydrogen-bond acceptors (Lipinski definition) is 4. The van der Waals surface area contributed by atoms with Crippen LogP contribution in [0.1, 0.15) is 19.5 Å². The molecular formula is C18H22N6O. The normalized spacial score (nSPS) is 18.1. The number of aryl methyl sites for hydroxylation is 1. The first-order valence-corrected chi connectivity index (χ1v) is 8.05. The molecule has 0 bridgehead atoms. The molecule has 25 heavy (non-hydrogen) atoms. The van der Waals surface area contributed by atoms with Crippen molar-refractivity contribution in [2.24, 2.45) is 5.84 Å². The number of nitrogens with one attached hydrogen (secondary N) is 2. The Kier molecular flexibility index (Phi) is 4.18. The van der Waals surface area contributed by atoms with Crippen LogP contribution in [0.15, 0.2) is 41.7 Å². The van der Waals surface area contributed by atoms with E-state index in [4.69, 9.17) is 11.3 Å². The summed E-state index contributed by atoms with van der Waals surface area (Å²) in [4.78, 5) is 18.7. The number of fused-ring (bicyclic) bond motifs is 1. The van der Waals surface area contributed by atoms with Gasteiger partial charge in [0.15, 0.2) is 0 Å². The average molecular weight is 338 g/mol. The summed E-state index contributed by atoms with van der Waals surface area (Å²) in [6, 6.07) is 7.29. The lowest BCUT2D eigenvalue weighted by Gasteiger charge is -2.39. The number of rotatable bonds is 2. The smallest absolute Gasteiger partial charge is 0.255 e. The molecule has 2 aromatic rings. The summed E-state index contributed by atoms with van der Waals surface area (Å²) in [5, 5.41) is 14.3. The number of nitrogens with two attached hydrogens (primary N) is 1. The lowest BCUT2D eigenvalue weighted by Crippen LogP contribution is -2.56. The summed E-state index contributed by atoms with van der Waals surface area (Å²) in [6.45, 7) is 5.59. The zero-order valence-corrected chi connectivity index (χ0v) is 14.8. The fraction of sp³-hybridized carbons (Fsp3) is 0.278. The molecule has 0 saturated carbocycles. The van der Waals surface area contributed by atoms with Crippen LogP contribution in [-0.2, 0) is 4.79 Å². The van der Waals surface area contributed by atoms with E-state index >= 15 is 0 Å². The highest BCUT2D eigenvalue weighted by Crippen LogP contribution is 2.25. The number of benzene rings is 1. The van der Waals surface area contributed by atoms with Crippen molar-refractivity contribution in [3.8, 4) is 0 Å². The van der Waals surface area contributed by atoms with Crippen LogP contribution in [0.5, 0.6) is 0 Å². The summed E-state index contributed by atoms with van der Waals surface area (Å²) >= 11 is 0. The van der Waals surface area contributed by atoms with E-state index in [-0.39, 0.29) is 17.9 Å². The monoisotopic (exact) mass is 338 g/mol. The molecule has 0 spiro atoms. The molecule has 1 amide bonds. The van der Waals surface area contributed by atoms with Gasteiger partial charge >= 0.3 is 0 Å². The number of carbonyl (C=O) groups excluding carboxylic acids is 1. The molecule has 0 fully saturated rings. The summed E-state index contributed by atoms with van der Waals surface area (Å²) in [6.07, 6.45) is 1.76. The van der Waals surface area contributed by atoms with Crippen molar-refractivity contribution in [3.05, 3.63) is 47.4 Å². The number of guanidine groups is 1. The van der Waals surface area contributed by atoms with E-state index < -0.39 is 0 Å². The van der Waals surface area contributed by atoms with Gasteiger partial charge < -0.3 is 10.2 Å². The maximum absolute atomic E-state index is 12.8. The molecule has 7 heteroatoms. The molecule has 130 valence electrons. The fourth-order valence-corrected chi connectivity index (χ4v) is 3.10. The Labute approximate surface area is 146 Å². The van der Waals surface area contributed by atoms with Crippen LogP contribution >= 0.6 is 0 Å². The molecule has 1 aliphatic rings. The number of allylic oxidation sites excluding steroid dienone is 1. The summed E-state index contributed by atoms with van der Waals surface area (Å²) in [7, 11) is 1.72. The van der Waals surface area contributed by atoms with Crippen molar-refractivity contribution in [2.75, 3.05) is 12.4 Å². The minimum Gasteiger partial charge on any atom is -0.322 e. The van der Waals surface area contributed by atoms with Crippen LogP contribution < -0.4 is 11.2 Å². The summed E-state index contributed by atoms with van der Waals surface area (Å²) in [5.74, 6) is 5.88. The molecule has 3 rings (SSSR count). The molecule has 1 aromatic carbocycles. The third-order valence-electron chi connectivity index (χ3n) is 4.76. The second-order valence-corrected chi connectivity index (χ2v) is 6.25. The predicted molar refractivity (Wildman–Crippen MR) is 98.8 cm³/mol. The van der Waals surface area contributed by atoms with Gasteiger partial charge in [0.25, 0.3) is 5.91 Å². The maximum Gasteiger partial charge on any atom is 0.255 e. The van der Waals surface area contributed by atoms with Crippen molar-refractivity contribution < 1.29 is 4.79 Å². The second kappa shape index (κ2) is 6.18. The van der Waals surface area contributed by atoms with Crippen molar-refractivity contribution in [1.82, 2.24) is 14.9 Å². The molecule has 1 aliphatic heterocycles. The number of carbonyl (C=O) groups is 1. The van der Waals surface area contributed by atoms with Gasteiger partial charge in [0.1, 0.15) is 0 Å². The molecule has 1 aromatic heterocycles. The zero-order chi connectivity index (χ0) is 18.3. The Morgan fingerprint density at radius 1 is 1.32 bits per heavy atom. The number of amides is 1. The van der Waals surface area contributed by atoms with Crippen LogP contribution in [-0.4, -0.2) is 39.8 Å². The third kappa shape index (κ3) is 2.83. The van der Waals surface area contributed by atoms with E-state index in [1.54, 1.807) is 18.1 Å². The Balaban J connectivity index is 1.93. The van der Waals surface area contributed by atoms with Gasteiger partial charge in [-0.25, -0.2) is 5.84 Å². The molecule has 0 aliphatic carbocycles. The topological polar surface area (TPSA) is 98.3 Å². The maximum atomic E-state index is 12.8. The predicted octanol–water partition coefficient (Wildman–Crippen LogP) is 2.20. The molecule has 4 N–H and O–H groups in total. The molecular weight excluding hydrogens is 316 g/mol. The van der Waals surface area contributed by atoms with E-state index in [2.05, 4.69) is 10.3 Å². The van der Waals surface area contributed by atoms with E-state index in [0.717, 1.165) is 22.2 Å². The zero-order valence-electron chi connectivity index (χ0n) is 14.8. The highest BCUT2D eigenvalue weighted by atomic mass is 16.1. The Morgan fingerprint density at radius 3 is 2.76 bits per heavy atom. The minimum atomic E-state index is -0.379. The van der Waals surface area contributed by atoms with E-state index in [1.165, 1.54) is 5.01 Å². The Morgan fingerprint density at radius 2 is 2.04 bits per heavy atom. The average Bonchev–Trinajstić information content (AvgIpc) is 2.58. The van der Waals surface area contributed by atoms with Gasteiger partial charge in [-0.1, -0.05) is 6.07 Å². The highest BCUT2D eigenvalue weighted by Gasteiger charge is 2.33. The Hall–Kier alpha value is -2.93. The lowest BCUT2D eigenvalue weighted by molar-refractivity contribution is -0.113. The summed E-state index contributed by atoms with van der Waals surface area (Å²) < 4.78 is 0. The number of pyridine rings is 1. The van der Waals surface area contributed by atoms with Crippen LogP contribution in [0.25, 0.3) is 10.8 Å². The van der Waals surface area contributed by atoms with Crippen molar-refractivity contribution in [3.63, 3.8) is 0 Å². The van der Waals surface area contributed by atoms with Crippen molar-refractivity contribution >= 4 is 28.3 Å². The standard InChI is InChI=1S/C18H22N6O/c1-10-15-6-5-14(9-13(15)7-8-21-10)22-17(25)16-11(2)23(4)18(19)24(20)12(16)3/h5-9,12,19H,20H2,1-4H3,(H,22,25)/t12-/m1/s1. The van der Waals surface area contributed by atoms with Gasteiger partial charge in [0.2, 0.25) is 5.96 Å².